The van der Waals surface area contributed by atoms with E-state index in [-0.39, 0.29) is 24.1 Å². The van der Waals surface area contributed by atoms with E-state index in [4.69, 9.17) is 0 Å². The lowest BCUT2D eigenvalue weighted by Gasteiger charge is -2.14. The van der Waals surface area contributed by atoms with Crippen molar-refractivity contribution in [2.24, 2.45) is 0 Å². The molecule has 0 saturated heterocycles. The number of aromatic nitrogens is 2. The van der Waals surface area contributed by atoms with Crippen LogP contribution in [0.1, 0.15) is 48.5 Å². The predicted molar refractivity (Wildman–Crippen MR) is 106 cm³/mol. The zero-order valence-electron chi connectivity index (χ0n) is 16.4. The zero-order chi connectivity index (χ0) is 21.3. The number of rotatable bonds is 7. The van der Waals surface area contributed by atoms with Crippen LogP contribution in [-0.4, -0.2) is 28.7 Å². The Kier molecular flexibility index (Phi) is 5.40. The van der Waals surface area contributed by atoms with Crippen LogP contribution in [0.15, 0.2) is 42.7 Å². The van der Waals surface area contributed by atoms with Gasteiger partial charge in [-0.1, -0.05) is 12.1 Å². The number of amides is 1. The summed E-state index contributed by atoms with van der Waals surface area (Å²) in [5, 5.41) is 4.08. The first-order chi connectivity index (χ1) is 14.3. The molecule has 1 aliphatic rings. The van der Waals surface area contributed by atoms with Crippen molar-refractivity contribution < 1.29 is 22.7 Å². The van der Waals surface area contributed by atoms with Crippen molar-refractivity contribution >= 4 is 16.8 Å². The van der Waals surface area contributed by atoms with E-state index < -0.39 is 12.8 Å². The molecule has 0 bridgehead atoms. The summed E-state index contributed by atoms with van der Waals surface area (Å²) in [5.74, 6) is 0.529. The molecule has 0 radical (unpaired) electrons. The molecule has 2 heterocycles. The van der Waals surface area contributed by atoms with Crippen molar-refractivity contribution in [1.29, 1.82) is 0 Å². The molecular weight excluding hydrogens is 395 g/mol. The Hall–Kier alpha value is -3.03. The standard InChI is InChI=1S/C22H22F3N3O2/c1-13(19-7-5-16(10-26-19)30-12-22(23,24)25)28-21(29)9-14-2-6-17-18(15-3-4-15)11-27-20(17)8-14/h2,5-8,10-11,13,15,27H,3-4,9,12H2,1H3,(H,28,29)/t13-/m1/s1. The lowest BCUT2D eigenvalue weighted by Crippen LogP contribution is -2.28. The summed E-state index contributed by atoms with van der Waals surface area (Å²) in [6, 6.07) is 8.60. The van der Waals surface area contributed by atoms with Gasteiger partial charge >= 0.3 is 6.18 Å². The number of H-pyrrole nitrogens is 1. The van der Waals surface area contributed by atoms with E-state index in [2.05, 4.69) is 32.3 Å². The molecule has 5 nitrogen and oxygen atoms in total. The lowest BCUT2D eigenvalue weighted by atomic mass is 10.1. The lowest BCUT2D eigenvalue weighted by molar-refractivity contribution is -0.153. The minimum absolute atomic E-state index is 0.0272. The average molecular weight is 417 g/mol. The second-order valence-corrected chi connectivity index (χ2v) is 7.69. The Morgan fingerprint density at radius 3 is 2.77 bits per heavy atom. The summed E-state index contributed by atoms with van der Waals surface area (Å²) in [6.07, 6.45) is 1.58. The van der Waals surface area contributed by atoms with Gasteiger partial charge in [-0.2, -0.15) is 13.2 Å². The van der Waals surface area contributed by atoms with Gasteiger partial charge in [-0.15, -0.1) is 0 Å². The van der Waals surface area contributed by atoms with Gasteiger partial charge in [0.2, 0.25) is 5.91 Å². The van der Waals surface area contributed by atoms with E-state index >= 15 is 0 Å². The van der Waals surface area contributed by atoms with Crippen molar-refractivity contribution in [2.75, 3.05) is 6.61 Å². The van der Waals surface area contributed by atoms with Crippen LogP contribution < -0.4 is 10.1 Å². The molecule has 30 heavy (non-hydrogen) atoms. The molecule has 0 unspecified atom stereocenters. The third-order valence-electron chi connectivity index (χ3n) is 5.14. The molecule has 1 saturated carbocycles. The number of halogens is 3. The van der Waals surface area contributed by atoms with Gasteiger partial charge in [-0.05, 0) is 55.0 Å². The topological polar surface area (TPSA) is 67.0 Å². The van der Waals surface area contributed by atoms with Gasteiger partial charge in [0.05, 0.1) is 24.4 Å². The van der Waals surface area contributed by atoms with Crippen LogP contribution in [0.25, 0.3) is 10.9 Å². The number of benzene rings is 1. The second-order valence-electron chi connectivity index (χ2n) is 7.69. The van der Waals surface area contributed by atoms with Gasteiger partial charge in [0.1, 0.15) is 5.75 Å². The first kappa shape index (κ1) is 20.3. The van der Waals surface area contributed by atoms with Crippen LogP contribution in [-0.2, 0) is 11.2 Å². The SMILES string of the molecule is C[C@@H](NC(=O)Cc1ccc2c(C3CC3)c[nH]c2c1)c1ccc(OCC(F)(F)F)cn1. The summed E-state index contributed by atoms with van der Waals surface area (Å²) < 4.78 is 41.2. The monoisotopic (exact) mass is 417 g/mol. The van der Waals surface area contributed by atoms with Crippen LogP contribution in [0.2, 0.25) is 0 Å². The fraction of sp³-hybridized carbons (Fsp3) is 0.364. The Bertz CT molecular complexity index is 1040. The minimum atomic E-state index is -4.40. The first-order valence-corrected chi connectivity index (χ1v) is 9.83. The number of ether oxygens (including phenoxy) is 1. The molecular formula is C22H22F3N3O2. The Labute approximate surface area is 171 Å². The van der Waals surface area contributed by atoms with Crippen molar-refractivity contribution in [2.45, 2.75) is 44.3 Å². The molecule has 0 aliphatic heterocycles. The first-order valence-electron chi connectivity index (χ1n) is 9.83. The van der Waals surface area contributed by atoms with Crippen molar-refractivity contribution in [3.05, 3.63) is 59.5 Å². The van der Waals surface area contributed by atoms with Crippen LogP contribution >= 0.6 is 0 Å². The normalized spacial score (nSPS) is 15.2. The number of hydrogen-bond acceptors (Lipinski definition) is 3. The fourth-order valence-electron chi connectivity index (χ4n) is 3.49. The van der Waals surface area contributed by atoms with Crippen molar-refractivity contribution in [3.8, 4) is 5.75 Å². The van der Waals surface area contributed by atoms with E-state index in [1.807, 2.05) is 12.1 Å². The van der Waals surface area contributed by atoms with E-state index in [0.717, 1.165) is 11.1 Å². The van der Waals surface area contributed by atoms with Crippen LogP contribution in [0.3, 0.4) is 0 Å². The maximum atomic E-state index is 12.4. The predicted octanol–water partition coefficient (Wildman–Crippen LogP) is 4.80. The maximum Gasteiger partial charge on any atom is 0.422 e. The third kappa shape index (κ3) is 4.93. The van der Waals surface area contributed by atoms with Gasteiger partial charge in [0, 0.05) is 17.1 Å². The molecule has 158 valence electrons. The van der Waals surface area contributed by atoms with Crippen molar-refractivity contribution in [3.63, 3.8) is 0 Å². The molecule has 1 aliphatic carbocycles. The number of carbonyl (C=O) groups is 1. The van der Waals surface area contributed by atoms with Gasteiger partial charge < -0.3 is 15.0 Å². The molecule has 0 spiro atoms. The molecule has 1 fully saturated rings. The van der Waals surface area contributed by atoms with E-state index in [0.29, 0.717) is 11.6 Å². The number of nitrogens with zero attached hydrogens (tertiary/aromatic N) is 1. The highest BCUT2D eigenvalue weighted by Gasteiger charge is 2.28. The number of pyridine rings is 1. The summed E-state index contributed by atoms with van der Waals surface area (Å²) in [7, 11) is 0. The summed E-state index contributed by atoms with van der Waals surface area (Å²) in [5.41, 5.74) is 3.83. The third-order valence-corrected chi connectivity index (χ3v) is 5.14. The summed E-state index contributed by atoms with van der Waals surface area (Å²) in [4.78, 5) is 19.8. The highest BCUT2D eigenvalue weighted by atomic mass is 19.4. The van der Waals surface area contributed by atoms with Gasteiger partial charge in [-0.3, -0.25) is 9.78 Å². The average Bonchev–Trinajstić information content (AvgIpc) is 3.45. The highest BCUT2D eigenvalue weighted by molar-refractivity contribution is 5.86. The molecule has 2 aromatic heterocycles. The number of nitrogens with one attached hydrogen (secondary N) is 2. The number of aromatic amines is 1. The largest absolute Gasteiger partial charge is 0.483 e. The molecule has 4 rings (SSSR count). The summed E-state index contributed by atoms with van der Waals surface area (Å²) in [6.45, 7) is 0.403. The molecule has 1 aromatic carbocycles. The molecule has 8 heteroatoms. The van der Waals surface area contributed by atoms with E-state index in [1.54, 1.807) is 13.0 Å². The number of fused-ring (bicyclic) bond motifs is 1. The number of carbonyl (C=O) groups excluding carboxylic acids is 1. The van der Waals surface area contributed by atoms with Crippen LogP contribution in [0.4, 0.5) is 13.2 Å². The van der Waals surface area contributed by atoms with Gasteiger partial charge in [0.15, 0.2) is 6.61 Å². The zero-order valence-corrected chi connectivity index (χ0v) is 16.4. The van der Waals surface area contributed by atoms with Gasteiger partial charge in [0.25, 0.3) is 0 Å². The van der Waals surface area contributed by atoms with Crippen LogP contribution in [0.5, 0.6) is 5.75 Å². The van der Waals surface area contributed by atoms with E-state index in [9.17, 15) is 18.0 Å². The second kappa shape index (κ2) is 8.01. The molecule has 2 N–H and O–H groups in total. The quantitative estimate of drug-likeness (QED) is 0.580. The molecule has 1 amide bonds. The van der Waals surface area contributed by atoms with E-state index in [1.165, 1.54) is 36.1 Å². The smallest absolute Gasteiger partial charge is 0.422 e. The Morgan fingerprint density at radius 2 is 2.10 bits per heavy atom. The Balaban J connectivity index is 1.33. The fourth-order valence-corrected chi connectivity index (χ4v) is 3.49. The number of hydrogen-bond donors (Lipinski definition) is 2. The molecule has 3 aromatic rings. The summed E-state index contributed by atoms with van der Waals surface area (Å²) >= 11 is 0. The number of alkyl halides is 3. The molecule has 1 atom stereocenters. The maximum absolute atomic E-state index is 12.4. The Morgan fingerprint density at radius 1 is 1.30 bits per heavy atom. The van der Waals surface area contributed by atoms with Gasteiger partial charge in [-0.25, -0.2) is 0 Å². The van der Waals surface area contributed by atoms with Crippen LogP contribution in [0, 0.1) is 0 Å². The minimum Gasteiger partial charge on any atom is -0.483 e. The highest BCUT2D eigenvalue weighted by Crippen LogP contribution is 2.43. The van der Waals surface area contributed by atoms with Crippen molar-refractivity contribution in [1.82, 2.24) is 15.3 Å².